The van der Waals surface area contributed by atoms with Crippen molar-refractivity contribution in [1.82, 2.24) is 9.88 Å². The van der Waals surface area contributed by atoms with Gasteiger partial charge in [-0.1, -0.05) is 19.1 Å². The predicted octanol–water partition coefficient (Wildman–Crippen LogP) is 3.48. The number of benzene rings is 1. The number of esters is 1. The third-order valence-electron chi connectivity index (χ3n) is 4.54. The number of amides is 1. The average molecular weight is 353 g/mol. The molecule has 1 aromatic carbocycles. The maximum absolute atomic E-state index is 12.6. The second-order valence-electron chi connectivity index (χ2n) is 6.59. The molecule has 2 aromatic rings. The molecule has 1 aromatic heterocycles. The number of nitrogens with zero attached hydrogens (tertiary/aromatic N) is 2. The number of ether oxygens (including phenoxy) is 1. The lowest BCUT2D eigenvalue weighted by molar-refractivity contribution is 0.0601. The first-order valence-electron chi connectivity index (χ1n) is 8.78. The number of methoxy groups -OCH3 is 1. The van der Waals surface area contributed by atoms with Gasteiger partial charge in [0.05, 0.1) is 30.2 Å². The van der Waals surface area contributed by atoms with Gasteiger partial charge in [-0.05, 0) is 43.0 Å². The average Bonchev–Trinajstić information content (AvgIpc) is 2.68. The Kier molecular flexibility index (Phi) is 5.51. The molecular formula is C20H23N3O3. The van der Waals surface area contributed by atoms with Gasteiger partial charge in [-0.2, -0.15) is 0 Å². The van der Waals surface area contributed by atoms with Crippen LogP contribution in [0.25, 0.3) is 0 Å². The third-order valence-corrected chi connectivity index (χ3v) is 4.54. The summed E-state index contributed by atoms with van der Waals surface area (Å²) in [5.41, 5.74) is 2.21. The zero-order valence-electron chi connectivity index (χ0n) is 15.1. The molecule has 0 spiro atoms. The van der Waals surface area contributed by atoms with E-state index in [-0.39, 0.29) is 5.91 Å². The largest absolute Gasteiger partial charge is 0.465 e. The molecule has 1 amide bonds. The maximum Gasteiger partial charge on any atom is 0.339 e. The van der Waals surface area contributed by atoms with E-state index < -0.39 is 5.97 Å². The molecule has 26 heavy (non-hydrogen) atoms. The van der Waals surface area contributed by atoms with Crippen LogP contribution in [0.1, 0.15) is 40.6 Å². The number of carbonyl (C=O) groups excluding carboxylic acids is 2. The van der Waals surface area contributed by atoms with Gasteiger partial charge in [0, 0.05) is 13.1 Å². The van der Waals surface area contributed by atoms with Crippen LogP contribution in [0.15, 0.2) is 42.6 Å². The van der Waals surface area contributed by atoms with E-state index >= 15 is 0 Å². The van der Waals surface area contributed by atoms with Crippen molar-refractivity contribution in [3.8, 4) is 0 Å². The van der Waals surface area contributed by atoms with Crippen LogP contribution in [0, 0.1) is 5.92 Å². The van der Waals surface area contributed by atoms with Gasteiger partial charge in [-0.25, -0.2) is 9.78 Å². The minimum absolute atomic E-state index is 0.0296. The monoisotopic (exact) mass is 353 g/mol. The summed E-state index contributed by atoms with van der Waals surface area (Å²) in [6.07, 6.45) is 3.81. The number of hydrogen-bond donors (Lipinski definition) is 1. The quantitative estimate of drug-likeness (QED) is 0.852. The molecular weight excluding hydrogens is 330 g/mol. The highest BCUT2D eigenvalue weighted by atomic mass is 16.5. The molecule has 6 nitrogen and oxygen atoms in total. The van der Waals surface area contributed by atoms with Gasteiger partial charge >= 0.3 is 5.97 Å². The fourth-order valence-electron chi connectivity index (χ4n) is 3.17. The highest BCUT2D eigenvalue weighted by Gasteiger charge is 2.22. The molecule has 6 heteroatoms. The Labute approximate surface area is 153 Å². The van der Waals surface area contributed by atoms with E-state index in [2.05, 4.69) is 17.2 Å². The number of para-hydroxylation sites is 1. The molecule has 0 aliphatic carbocycles. The number of carbonyl (C=O) groups is 2. The number of pyridine rings is 1. The summed E-state index contributed by atoms with van der Waals surface area (Å²) in [4.78, 5) is 30.6. The van der Waals surface area contributed by atoms with E-state index in [4.69, 9.17) is 4.74 Å². The Morgan fingerprint density at radius 2 is 2.04 bits per heavy atom. The Morgan fingerprint density at radius 1 is 1.23 bits per heavy atom. The third kappa shape index (κ3) is 4.02. The predicted molar refractivity (Wildman–Crippen MR) is 99.6 cm³/mol. The summed E-state index contributed by atoms with van der Waals surface area (Å²) in [6.45, 7) is 3.74. The summed E-state index contributed by atoms with van der Waals surface area (Å²) in [7, 11) is 1.35. The van der Waals surface area contributed by atoms with Crippen molar-refractivity contribution in [2.75, 3.05) is 25.5 Å². The number of anilines is 2. The number of rotatable bonds is 4. The lowest BCUT2D eigenvalue weighted by atomic mass is 10.00. The highest BCUT2D eigenvalue weighted by molar-refractivity contribution is 5.96. The first kappa shape index (κ1) is 17.9. The number of aromatic nitrogens is 1. The normalized spacial score (nSPS) is 16.8. The van der Waals surface area contributed by atoms with Crippen molar-refractivity contribution < 1.29 is 14.3 Å². The van der Waals surface area contributed by atoms with Gasteiger partial charge in [0.2, 0.25) is 0 Å². The molecule has 0 bridgehead atoms. The molecule has 1 aliphatic rings. The molecule has 136 valence electrons. The Balaban J connectivity index is 1.72. The molecule has 2 heterocycles. The Hall–Kier alpha value is -2.89. The van der Waals surface area contributed by atoms with Gasteiger partial charge in [0.25, 0.3) is 5.91 Å². The van der Waals surface area contributed by atoms with Crippen molar-refractivity contribution in [3.63, 3.8) is 0 Å². The first-order chi connectivity index (χ1) is 12.6. The molecule has 1 saturated heterocycles. The summed E-state index contributed by atoms with van der Waals surface area (Å²) in [5.74, 6) is 0.0913. The van der Waals surface area contributed by atoms with Gasteiger partial charge in [-0.15, -0.1) is 0 Å². The minimum Gasteiger partial charge on any atom is -0.465 e. The van der Waals surface area contributed by atoms with E-state index in [0.717, 1.165) is 19.5 Å². The molecule has 1 N–H and O–H groups in total. The molecule has 1 fully saturated rings. The Bertz CT molecular complexity index is 789. The van der Waals surface area contributed by atoms with Gasteiger partial charge in [0.15, 0.2) is 0 Å². The van der Waals surface area contributed by atoms with Crippen LogP contribution in [0.4, 0.5) is 11.4 Å². The van der Waals surface area contributed by atoms with Crippen LogP contribution in [-0.2, 0) is 4.74 Å². The molecule has 1 atom stereocenters. The van der Waals surface area contributed by atoms with Gasteiger partial charge in [-0.3, -0.25) is 4.79 Å². The fourth-order valence-corrected chi connectivity index (χ4v) is 3.17. The summed E-state index contributed by atoms with van der Waals surface area (Å²) in [5, 5.41) is 3.15. The molecule has 1 unspecified atom stereocenters. The molecule has 0 saturated carbocycles. The second-order valence-corrected chi connectivity index (χ2v) is 6.59. The van der Waals surface area contributed by atoms with Crippen molar-refractivity contribution in [2.24, 2.45) is 5.92 Å². The number of hydrogen-bond acceptors (Lipinski definition) is 5. The van der Waals surface area contributed by atoms with Crippen LogP contribution in [-0.4, -0.2) is 42.0 Å². The molecule has 3 rings (SSSR count). The standard InChI is InChI=1S/C20H23N3O3/c1-14-6-5-11-23(13-14)19(24)18-10-9-15(12-21-18)22-17-8-4-3-7-16(17)20(25)26-2/h3-4,7-10,12,14,22H,5-6,11,13H2,1-2H3. The van der Waals surface area contributed by atoms with Crippen molar-refractivity contribution in [1.29, 1.82) is 0 Å². The van der Waals surface area contributed by atoms with Crippen molar-refractivity contribution in [3.05, 3.63) is 53.9 Å². The van der Waals surface area contributed by atoms with Crippen LogP contribution in [0.3, 0.4) is 0 Å². The zero-order valence-corrected chi connectivity index (χ0v) is 15.1. The van der Waals surface area contributed by atoms with Gasteiger partial charge < -0.3 is 15.0 Å². The second kappa shape index (κ2) is 7.99. The smallest absolute Gasteiger partial charge is 0.339 e. The minimum atomic E-state index is -0.410. The van der Waals surface area contributed by atoms with Crippen LogP contribution in [0.5, 0.6) is 0 Å². The lowest BCUT2D eigenvalue weighted by Gasteiger charge is -2.30. The van der Waals surface area contributed by atoms with Crippen molar-refractivity contribution in [2.45, 2.75) is 19.8 Å². The summed E-state index contributed by atoms with van der Waals surface area (Å²) >= 11 is 0. The van der Waals surface area contributed by atoms with E-state index in [1.807, 2.05) is 11.0 Å². The van der Waals surface area contributed by atoms with E-state index in [1.54, 1.807) is 36.5 Å². The maximum atomic E-state index is 12.6. The van der Waals surface area contributed by atoms with E-state index in [1.165, 1.54) is 13.5 Å². The number of piperidine rings is 1. The SMILES string of the molecule is COC(=O)c1ccccc1Nc1ccc(C(=O)N2CCCC(C)C2)nc1. The lowest BCUT2D eigenvalue weighted by Crippen LogP contribution is -2.39. The molecule has 1 aliphatic heterocycles. The van der Waals surface area contributed by atoms with Gasteiger partial charge in [0.1, 0.15) is 5.69 Å². The van der Waals surface area contributed by atoms with Crippen LogP contribution in [0.2, 0.25) is 0 Å². The fraction of sp³-hybridized carbons (Fsp3) is 0.350. The van der Waals surface area contributed by atoms with Crippen molar-refractivity contribution >= 4 is 23.3 Å². The number of nitrogens with one attached hydrogen (secondary N) is 1. The van der Waals surface area contributed by atoms with E-state index in [0.29, 0.717) is 28.6 Å². The highest BCUT2D eigenvalue weighted by Crippen LogP contribution is 2.22. The molecule has 0 radical (unpaired) electrons. The summed E-state index contributed by atoms with van der Waals surface area (Å²) in [6, 6.07) is 10.6. The zero-order chi connectivity index (χ0) is 18.5. The van der Waals surface area contributed by atoms with Crippen LogP contribution < -0.4 is 5.32 Å². The summed E-state index contributed by atoms with van der Waals surface area (Å²) < 4.78 is 4.80. The topological polar surface area (TPSA) is 71.5 Å². The Morgan fingerprint density at radius 3 is 2.73 bits per heavy atom. The van der Waals surface area contributed by atoms with Crippen LogP contribution >= 0.6 is 0 Å². The van der Waals surface area contributed by atoms with E-state index in [9.17, 15) is 9.59 Å². The first-order valence-corrected chi connectivity index (χ1v) is 8.78. The number of likely N-dealkylation sites (tertiary alicyclic amines) is 1.